The van der Waals surface area contributed by atoms with Gasteiger partial charge in [-0.15, -0.1) is 0 Å². The van der Waals surface area contributed by atoms with Crippen molar-refractivity contribution in [2.75, 3.05) is 0 Å². The van der Waals surface area contributed by atoms with E-state index in [0.29, 0.717) is 5.56 Å². The molecule has 0 saturated heterocycles. The molecule has 3 aromatic carbocycles. The van der Waals surface area contributed by atoms with Gasteiger partial charge in [-0.1, -0.05) is 60.2 Å². The molecule has 3 aromatic rings. The minimum atomic E-state index is -0.452. The molecule has 1 atom stereocenters. The minimum absolute atomic E-state index is 0.0186. The van der Waals surface area contributed by atoms with Gasteiger partial charge in [0.15, 0.2) is 0 Å². The molecule has 0 aliphatic rings. The number of nitrogens with one attached hydrogen (secondary N) is 1. The number of amides is 1. The number of carbonyl (C=O) groups excluding carboxylic acids is 1. The van der Waals surface area contributed by atoms with Gasteiger partial charge < -0.3 is 5.32 Å². The van der Waals surface area contributed by atoms with Crippen molar-refractivity contribution >= 4 is 17.7 Å². The predicted molar refractivity (Wildman–Crippen MR) is 110 cm³/mol. The third kappa shape index (κ3) is 4.92. The summed E-state index contributed by atoms with van der Waals surface area (Å²) in [7, 11) is 0. The number of benzene rings is 3. The third-order valence-electron chi connectivity index (χ3n) is 4.36. The Balaban J connectivity index is 1.77. The van der Waals surface area contributed by atoms with Crippen molar-refractivity contribution in [2.45, 2.75) is 13.0 Å². The van der Waals surface area contributed by atoms with Crippen LogP contribution in [0.15, 0.2) is 84.9 Å². The first-order valence-electron chi connectivity index (χ1n) is 8.87. The second kappa shape index (κ2) is 8.77. The summed E-state index contributed by atoms with van der Waals surface area (Å²) < 4.78 is 0. The van der Waals surface area contributed by atoms with E-state index in [2.05, 4.69) is 5.32 Å². The lowest BCUT2D eigenvalue weighted by Crippen LogP contribution is -2.27. The third-order valence-corrected chi connectivity index (χ3v) is 4.36. The molecule has 5 heteroatoms. The number of nitro benzene ring substituents is 1. The first-order valence-corrected chi connectivity index (χ1v) is 8.87. The van der Waals surface area contributed by atoms with Gasteiger partial charge in [0.1, 0.15) is 0 Å². The maximum Gasteiger partial charge on any atom is 0.269 e. The fourth-order valence-electron chi connectivity index (χ4n) is 2.83. The highest BCUT2D eigenvalue weighted by Crippen LogP contribution is 2.22. The van der Waals surface area contributed by atoms with E-state index in [1.165, 1.54) is 18.2 Å². The normalized spacial score (nSPS) is 11.9. The number of aryl methyl sites for hydroxylation is 1. The van der Waals surface area contributed by atoms with E-state index in [4.69, 9.17) is 0 Å². The molecule has 0 bridgehead atoms. The summed E-state index contributed by atoms with van der Waals surface area (Å²) in [5.41, 5.74) is 3.87. The summed E-state index contributed by atoms with van der Waals surface area (Å²) in [6, 6.07) is 23.6. The van der Waals surface area contributed by atoms with Crippen LogP contribution in [0.3, 0.4) is 0 Å². The molecule has 5 nitrogen and oxygen atoms in total. The van der Waals surface area contributed by atoms with Crippen LogP contribution in [0.25, 0.3) is 6.08 Å². The van der Waals surface area contributed by atoms with Crippen LogP contribution < -0.4 is 5.32 Å². The first kappa shape index (κ1) is 19.0. The summed E-state index contributed by atoms with van der Waals surface area (Å²) in [5, 5.41) is 13.7. The summed E-state index contributed by atoms with van der Waals surface area (Å²) in [5.74, 6) is -0.243. The standard InChI is InChI=1S/C23H20N2O3/c1-17-7-12-20(13-8-17)23(19-5-3-2-4-6-19)24-22(26)16-11-18-9-14-21(15-10-18)25(27)28/h2-16,23H,1H3,(H,24,26)/b16-11+/t23-/m0/s1. The van der Waals surface area contributed by atoms with Gasteiger partial charge in [-0.3, -0.25) is 14.9 Å². The Bertz CT molecular complexity index is 979. The summed E-state index contributed by atoms with van der Waals surface area (Å²) in [6.45, 7) is 2.02. The summed E-state index contributed by atoms with van der Waals surface area (Å²) in [4.78, 5) is 22.8. The maximum atomic E-state index is 12.5. The minimum Gasteiger partial charge on any atom is -0.342 e. The number of rotatable bonds is 6. The molecule has 1 N–H and O–H groups in total. The fourth-order valence-corrected chi connectivity index (χ4v) is 2.83. The van der Waals surface area contributed by atoms with E-state index in [1.54, 1.807) is 18.2 Å². The highest BCUT2D eigenvalue weighted by Gasteiger charge is 2.15. The van der Waals surface area contributed by atoms with Crippen LogP contribution in [-0.2, 0) is 4.79 Å². The van der Waals surface area contributed by atoms with Gasteiger partial charge in [0.05, 0.1) is 11.0 Å². The molecule has 3 rings (SSSR count). The van der Waals surface area contributed by atoms with E-state index in [9.17, 15) is 14.9 Å². The van der Waals surface area contributed by atoms with Crippen LogP contribution in [0.5, 0.6) is 0 Å². The molecule has 0 aromatic heterocycles. The second-order valence-corrected chi connectivity index (χ2v) is 6.44. The van der Waals surface area contributed by atoms with Crippen LogP contribution in [0.2, 0.25) is 0 Å². The molecule has 0 radical (unpaired) electrons. The molecule has 0 heterocycles. The van der Waals surface area contributed by atoms with E-state index >= 15 is 0 Å². The average molecular weight is 372 g/mol. The Kier molecular flexibility index (Phi) is 5.97. The molecule has 0 aliphatic carbocycles. The Morgan fingerprint density at radius 3 is 2.14 bits per heavy atom. The maximum absolute atomic E-state index is 12.5. The molecule has 0 aliphatic heterocycles. The highest BCUT2D eigenvalue weighted by atomic mass is 16.6. The zero-order valence-corrected chi connectivity index (χ0v) is 15.4. The smallest absolute Gasteiger partial charge is 0.269 e. The topological polar surface area (TPSA) is 72.2 Å². The SMILES string of the molecule is Cc1ccc([C@@H](NC(=O)/C=C/c2ccc([N+](=O)[O-])cc2)c2ccccc2)cc1. The summed E-state index contributed by atoms with van der Waals surface area (Å²) >= 11 is 0. The Morgan fingerprint density at radius 2 is 1.54 bits per heavy atom. The fraction of sp³-hybridized carbons (Fsp3) is 0.0870. The van der Waals surface area contributed by atoms with Crippen LogP contribution in [-0.4, -0.2) is 10.8 Å². The van der Waals surface area contributed by atoms with Gasteiger partial charge in [-0.2, -0.15) is 0 Å². The zero-order valence-electron chi connectivity index (χ0n) is 15.4. The highest BCUT2D eigenvalue weighted by molar-refractivity contribution is 5.92. The monoisotopic (exact) mass is 372 g/mol. The molecule has 0 unspecified atom stereocenters. The average Bonchev–Trinajstić information content (AvgIpc) is 2.72. The molecule has 0 fully saturated rings. The molecule has 28 heavy (non-hydrogen) atoms. The Morgan fingerprint density at radius 1 is 0.929 bits per heavy atom. The lowest BCUT2D eigenvalue weighted by molar-refractivity contribution is -0.384. The predicted octanol–water partition coefficient (Wildman–Crippen LogP) is 4.82. The van der Waals surface area contributed by atoms with Crippen molar-refractivity contribution in [3.05, 3.63) is 117 Å². The van der Waals surface area contributed by atoms with E-state index < -0.39 is 4.92 Å². The van der Waals surface area contributed by atoms with Crippen molar-refractivity contribution in [1.29, 1.82) is 0 Å². The van der Waals surface area contributed by atoms with Crippen molar-refractivity contribution in [3.63, 3.8) is 0 Å². The molecule has 0 spiro atoms. The van der Waals surface area contributed by atoms with Gasteiger partial charge in [-0.05, 0) is 41.8 Å². The molecular weight excluding hydrogens is 352 g/mol. The quantitative estimate of drug-likeness (QED) is 0.383. The number of hydrogen-bond donors (Lipinski definition) is 1. The molecule has 140 valence electrons. The lowest BCUT2D eigenvalue weighted by Gasteiger charge is -2.19. The largest absolute Gasteiger partial charge is 0.342 e. The van der Waals surface area contributed by atoms with Gasteiger partial charge in [-0.25, -0.2) is 0 Å². The number of nitro groups is 1. The van der Waals surface area contributed by atoms with Crippen molar-refractivity contribution in [3.8, 4) is 0 Å². The van der Waals surface area contributed by atoms with E-state index in [-0.39, 0.29) is 17.6 Å². The van der Waals surface area contributed by atoms with Gasteiger partial charge in [0, 0.05) is 18.2 Å². The van der Waals surface area contributed by atoms with E-state index in [0.717, 1.165) is 16.7 Å². The number of hydrogen-bond acceptors (Lipinski definition) is 3. The first-order chi connectivity index (χ1) is 13.5. The Labute approximate surface area is 163 Å². The molecule has 1 amide bonds. The Hall–Kier alpha value is -3.73. The van der Waals surface area contributed by atoms with Gasteiger partial charge >= 0.3 is 0 Å². The van der Waals surface area contributed by atoms with Crippen molar-refractivity contribution < 1.29 is 9.72 Å². The van der Waals surface area contributed by atoms with Crippen LogP contribution >= 0.6 is 0 Å². The van der Waals surface area contributed by atoms with Crippen LogP contribution in [0.1, 0.15) is 28.3 Å². The zero-order chi connectivity index (χ0) is 19.9. The second-order valence-electron chi connectivity index (χ2n) is 6.44. The number of non-ortho nitro benzene ring substituents is 1. The lowest BCUT2D eigenvalue weighted by atomic mass is 9.98. The van der Waals surface area contributed by atoms with Crippen LogP contribution in [0.4, 0.5) is 5.69 Å². The van der Waals surface area contributed by atoms with Gasteiger partial charge in [0.2, 0.25) is 5.91 Å². The van der Waals surface area contributed by atoms with Crippen molar-refractivity contribution in [1.82, 2.24) is 5.32 Å². The number of nitrogens with zero attached hydrogens (tertiary/aromatic N) is 1. The number of carbonyl (C=O) groups is 1. The van der Waals surface area contributed by atoms with E-state index in [1.807, 2.05) is 61.5 Å². The van der Waals surface area contributed by atoms with Crippen molar-refractivity contribution in [2.24, 2.45) is 0 Å². The molecule has 0 saturated carbocycles. The molecular formula is C23H20N2O3. The van der Waals surface area contributed by atoms with Gasteiger partial charge in [0.25, 0.3) is 5.69 Å². The summed E-state index contributed by atoms with van der Waals surface area (Å²) in [6.07, 6.45) is 3.07. The van der Waals surface area contributed by atoms with Crippen LogP contribution in [0, 0.1) is 17.0 Å².